The van der Waals surface area contributed by atoms with Crippen molar-refractivity contribution in [3.8, 4) is 0 Å². The highest BCUT2D eigenvalue weighted by molar-refractivity contribution is 6.31. The quantitative estimate of drug-likeness (QED) is 0.884. The average Bonchev–Trinajstić information content (AvgIpc) is 2.47. The van der Waals surface area contributed by atoms with Crippen LogP contribution in [0.15, 0.2) is 42.5 Å². The Balaban J connectivity index is 1.82. The molecule has 0 bridgehead atoms. The van der Waals surface area contributed by atoms with E-state index in [0.29, 0.717) is 11.6 Å². The molecule has 2 aromatic carbocycles. The van der Waals surface area contributed by atoms with Crippen molar-refractivity contribution in [1.82, 2.24) is 5.32 Å². The first-order valence-electron chi connectivity index (χ1n) is 6.87. The standard InChI is InChI=1S/C17H19ClN2O/c1-12-5-3-4-6-14(12)10-20-17(21)11-19-15-8-7-13(2)16(18)9-15/h3-9,19H,10-11H2,1-2H3,(H,20,21). The van der Waals surface area contributed by atoms with Crippen LogP contribution in [0.4, 0.5) is 5.69 Å². The van der Waals surface area contributed by atoms with Crippen molar-refractivity contribution in [2.24, 2.45) is 0 Å². The van der Waals surface area contributed by atoms with Gasteiger partial charge in [-0.15, -0.1) is 0 Å². The third-order valence-electron chi connectivity index (χ3n) is 3.36. The lowest BCUT2D eigenvalue weighted by Crippen LogP contribution is -2.29. The zero-order valence-electron chi connectivity index (χ0n) is 12.2. The first kappa shape index (κ1) is 15.4. The van der Waals surface area contributed by atoms with Gasteiger partial charge in [0, 0.05) is 17.3 Å². The Morgan fingerprint density at radius 2 is 1.86 bits per heavy atom. The molecule has 3 nitrogen and oxygen atoms in total. The number of rotatable bonds is 5. The molecule has 110 valence electrons. The minimum Gasteiger partial charge on any atom is -0.376 e. The molecule has 0 aromatic heterocycles. The minimum atomic E-state index is -0.0463. The van der Waals surface area contributed by atoms with Crippen LogP contribution in [0.2, 0.25) is 5.02 Å². The number of amides is 1. The van der Waals surface area contributed by atoms with Crippen LogP contribution in [-0.2, 0) is 11.3 Å². The molecule has 4 heteroatoms. The van der Waals surface area contributed by atoms with Crippen molar-refractivity contribution in [2.75, 3.05) is 11.9 Å². The van der Waals surface area contributed by atoms with Gasteiger partial charge in [-0.2, -0.15) is 0 Å². The summed E-state index contributed by atoms with van der Waals surface area (Å²) in [6, 6.07) is 13.7. The van der Waals surface area contributed by atoms with Crippen LogP contribution >= 0.6 is 11.6 Å². The fourth-order valence-electron chi connectivity index (χ4n) is 1.95. The van der Waals surface area contributed by atoms with Crippen molar-refractivity contribution in [2.45, 2.75) is 20.4 Å². The highest BCUT2D eigenvalue weighted by Gasteiger charge is 2.03. The molecule has 21 heavy (non-hydrogen) atoms. The molecule has 0 radical (unpaired) electrons. The number of nitrogens with one attached hydrogen (secondary N) is 2. The largest absolute Gasteiger partial charge is 0.376 e. The molecule has 0 aliphatic rings. The van der Waals surface area contributed by atoms with E-state index in [4.69, 9.17) is 11.6 Å². The zero-order chi connectivity index (χ0) is 15.2. The molecule has 2 rings (SSSR count). The molecule has 0 atom stereocenters. The summed E-state index contributed by atoms with van der Waals surface area (Å²) in [7, 11) is 0. The lowest BCUT2D eigenvalue weighted by atomic mass is 10.1. The predicted molar refractivity (Wildman–Crippen MR) is 87.7 cm³/mol. The molecule has 0 fully saturated rings. The van der Waals surface area contributed by atoms with E-state index < -0.39 is 0 Å². The van der Waals surface area contributed by atoms with Crippen LogP contribution < -0.4 is 10.6 Å². The zero-order valence-corrected chi connectivity index (χ0v) is 13.0. The topological polar surface area (TPSA) is 41.1 Å². The van der Waals surface area contributed by atoms with Gasteiger partial charge in [0.25, 0.3) is 0 Å². The Labute approximate surface area is 130 Å². The van der Waals surface area contributed by atoms with Crippen molar-refractivity contribution in [3.05, 3.63) is 64.2 Å². The summed E-state index contributed by atoms with van der Waals surface area (Å²) >= 11 is 6.05. The van der Waals surface area contributed by atoms with E-state index in [-0.39, 0.29) is 12.5 Å². The summed E-state index contributed by atoms with van der Waals surface area (Å²) in [6.45, 7) is 4.75. The molecule has 2 aromatic rings. The summed E-state index contributed by atoms with van der Waals surface area (Å²) in [4.78, 5) is 11.8. The second-order valence-electron chi connectivity index (χ2n) is 5.02. The smallest absolute Gasteiger partial charge is 0.239 e. The Kier molecular flexibility index (Phi) is 5.23. The highest BCUT2D eigenvalue weighted by Crippen LogP contribution is 2.19. The minimum absolute atomic E-state index is 0.0463. The van der Waals surface area contributed by atoms with E-state index in [0.717, 1.165) is 16.8 Å². The van der Waals surface area contributed by atoms with Crippen LogP contribution in [0.3, 0.4) is 0 Å². The molecular weight excluding hydrogens is 284 g/mol. The first-order valence-corrected chi connectivity index (χ1v) is 7.25. The van der Waals surface area contributed by atoms with Gasteiger partial charge >= 0.3 is 0 Å². The van der Waals surface area contributed by atoms with Gasteiger partial charge in [0.2, 0.25) is 5.91 Å². The Hall–Kier alpha value is -2.00. The molecule has 0 heterocycles. The molecule has 0 saturated carbocycles. The Bertz CT molecular complexity index is 640. The average molecular weight is 303 g/mol. The van der Waals surface area contributed by atoms with Gasteiger partial charge in [-0.25, -0.2) is 0 Å². The number of hydrogen-bond acceptors (Lipinski definition) is 2. The summed E-state index contributed by atoms with van der Waals surface area (Å²) in [5, 5.41) is 6.66. The van der Waals surface area contributed by atoms with Gasteiger partial charge in [-0.05, 0) is 42.7 Å². The van der Waals surface area contributed by atoms with Crippen LogP contribution in [-0.4, -0.2) is 12.5 Å². The van der Waals surface area contributed by atoms with Crippen molar-refractivity contribution < 1.29 is 4.79 Å². The first-order chi connectivity index (χ1) is 10.1. The molecule has 0 aliphatic heterocycles. The third-order valence-corrected chi connectivity index (χ3v) is 3.77. The molecule has 0 aliphatic carbocycles. The summed E-state index contributed by atoms with van der Waals surface area (Å²) < 4.78 is 0. The molecular formula is C17H19ClN2O. The Morgan fingerprint density at radius 1 is 1.10 bits per heavy atom. The molecule has 0 spiro atoms. The van der Waals surface area contributed by atoms with Crippen molar-refractivity contribution in [3.63, 3.8) is 0 Å². The van der Waals surface area contributed by atoms with Gasteiger partial charge in [0.1, 0.15) is 0 Å². The van der Waals surface area contributed by atoms with E-state index in [1.165, 1.54) is 5.56 Å². The van der Waals surface area contributed by atoms with Crippen molar-refractivity contribution in [1.29, 1.82) is 0 Å². The maximum Gasteiger partial charge on any atom is 0.239 e. The van der Waals surface area contributed by atoms with E-state index in [2.05, 4.69) is 10.6 Å². The fraction of sp³-hybridized carbons (Fsp3) is 0.235. The van der Waals surface area contributed by atoms with Crippen molar-refractivity contribution >= 4 is 23.2 Å². The lowest BCUT2D eigenvalue weighted by molar-refractivity contribution is -0.119. The number of hydrogen-bond donors (Lipinski definition) is 2. The summed E-state index contributed by atoms with van der Waals surface area (Å²) in [6.07, 6.45) is 0. The van der Waals surface area contributed by atoms with Gasteiger partial charge in [-0.3, -0.25) is 4.79 Å². The number of benzene rings is 2. The van der Waals surface area contributed by atoms with E-state index in [1.54, 1.807) is 0 Å². The molecule has 0 saturated heterocycles. The number of aryl methyl sites for hydroxylation is 2. The second-order valence-corrected chi connectivity index (χ2v) is 5.43. The highest BCUT2D eigenvalue weighted by atomic mass is 35.5. The third kappa shape index (κ3) is 4.50. The lowest BCUT2D eigenvalue weighted by Gasteiger charge is -2.10. The van der Waals surface area contributed by atoms with Gasteiger partial charge in [0.15, 0.2) is 0 Å². The summed E-state index contributed by atoms with van der Waals surface area (Å²) in [5.74, 6) is -0.0463. The fourth-order valence-corrected chi connectivity index (χ4v) is 2.13. The number of halogens is 1. The maximum atomic E-state index is 11.8. The van der Waals surface area contributed by atoms with Gasteiger partial charge in [-0.1, -0.05) is 41.9 Å². The number of carbonyl (C=O) groups is 1. The van der Waals surface area contributed by atoms with Gasteiger partial charge in [0.05, 0.1) is 6.54 Å². The van der Waals surface area contributed by atoms with Crippen LogP contribution in [0.5, 0.6) is 0 Å². The SMILES string of the molecule is Cc1ccc(NCC(=O)NCc2ccccc2C)cc1Cl. The number of carbonyl (C=O) groups excluding carboxylic acids is 1. The molecule has 0 unspecified atom stereocenters. The summed E-state index contributed by atoms with van der Waals surface area (Å²) in [5.41, 5.74) is 4.17. The monoisotopic (exact) mass is 302 g/mol. The second kappa shape index (κ2) is 7.14. The van der Waals surface area contributed by atoms with E-state index >= 15 is 0 Å². The van der Waals surface area contributed by atoms with Crippen LogP contribution in [0.1, 0.15) is 16.7 Å². The Morgan fingerprint density at radius 3 is 2.57 bits per heavy atom. The maximum absolute atomic E-state index is 11.8. The van der Waals surface area contributed by atoms with E-state index in [1.807, 2.05) is 56.3 Å². The molecule has 2 N–H and O–H groups in total. The predicted octanol–water partition coefficient (Wildman–Crippen LogP) is 3.69. The van der Waals surface area contributed by atoms with Gasteiger partial charge < -0.3 is 10.6 Å². The van der Waals surface area contributed by atoms with E-state index in [9.17, 15) is 4.79 Å². The van der Waals surface area contributed by atoms with Crippen LogP contribution in [0, 0.1) is 13.8 Å². The molecule has 1 amide bonds. The number of anilines is 1. The van der Waals surface area contributed by atoms with Crippen LogP contribution in [0.25, 0.3) is 0 Å². The normalized spacial score (nSPS) is 10.2.